The molecule has 0 bridgehead atoms. The molecular weight excluding hydrogens is 264 g/mol. The van der Waals surface area contributed by atoms with Gasteiger partial charge in [-0.05, 0) is 38.0 Å². The van der Waals surface area contributed by atoms with E-state index in [9.17, 15) is 4.79 Å². The van der Waals surface area contributed by atoms with E-state index in [2.05, 4.69) is 20.8 Å². The summed E-state index contributed by atoms with van der Waals surface area (Å²) in [6, 6.07) is 0.367. The summed E-state index contributed by atoms with van der Waals surface area (Å²) in [6.45, 7) is 7.23. The number of rotatable bonds is 2. The van der Waals surface area contributed by atoms with E-state index in [1.807, 2.05) is 11.9 Å². The predicted octanol–water partition coefficient (Wildman–Crippen LogP) is 2.17. The molecule has 2 saturated carbocycles. The molecule has 2 aliphatic carbocycles. The third-order valence-corrected chi connectivity index (χ3v) is 6.66. The third kappa shape index (κ3) is 1.98. The minimum Gasteiger partial charge on any atom is -0.377 e. The van der Waals surface area contributed by atoms with Crippen molar-refractivity contribution in [3.63, 3.8) is 0 Å². The molecule has 1 aliphatic heterocycles. The van der Waals surface area contributed by atoms with E-state index in [-0.39, 0.29) is 23.3 Å². The number of likely N-dealkylation sites (N-methyl/N-ethyl adjacent to an activating group) is 1. The zero-order valence-corrected chi connectivity index (χ0v) is 13.9. The molecule has 4 nitrogen and oxygen atoms in total. The SMILES string of the molecule is CC1CCC(N(C)C(=O)C2(N)C3CCOC3C2(C)C)CC1. The zero-order valence-electron chi connectivity index (χ0n) is 13.9. The van der Waals surface area contributed by atoms with Gasteiger partial charge in [-0.1, -0.05) is 20.8 Å². The van der Waals surface area contributed by atoms with E-state index >= 15 is 0 Å². The molecule has 0 radical (unpaired) electrons. The highest BCUT2D eigenvalue weighted by Crippen LogP contribution is 2.58. The van der Waals surface area contributed by atoms with Crippen molar-refractivity contribution in [1.82, 2.24) is 4.90 Å². The fourth-order valence-corrected chi connectivity index (χ4v) is 4.91. The van der Waals surface area contributed by atoms with Gasteiger partial charge in [-0.3, -0.25) is 4.79 Å². The number of hydrogen-bond acceptors (Lipinski definition) is 3. The molecule has 3 atom stereocenters. The molecule has 0 aromatic rings. The monoisotopic (exact) mass is 294 g/mol. The molecule has 1 heterocycles. The maximum absolute atomic E-state index is 13.1. The second kappa shape index (κ2) is 4.95. The van der Waals surface area contributed by atoms with Crippen molar-refractivity contribution in [2.75, 3.05) is 13.7 Å². The summed E-state index contributed by atoms with van der Waals surface area (Å²) in [7, 11) is 1.96. The van der Waals surface area contributed by atoms with E-state index in [0.717, 1.165) is 31.8 Å². The molecule has 21 heavy (non-hydrogen) atoms. The van der Waals surface area contributed by atoms with Crippen molar-refractivity contribution < 1.29 is 9.53 Å². The smallest absolute Gasteiger partial charge is 0.243 e. The first-order chi connectivity index (χ1) is 9.80. The van der Waals surface area contributed by atoms with Gasteiger partial charge in [0.25, 0.3) is 0 Å². The molecule has 120 valence electrons. The lowest BCUT2D eigenvalue weighted by Gasteiger charge is -2.62. The largest absolute Gasteiger partial charge is 0.377 e. The van der Waals surface area contributed by atoms with Crippen LogP contribution in [-0.4, -0.2) is 42.1 Å². The van der Waals surface area contributed by atoms with Crippen LogP contribution in [0.15, 0.2) is 0 Å². The number of carbonyl (C=O) groups is 1. The Balaban J connectivity index is 1.75. The Kier molecular flexibility index (Phi) is 3.61. The lowest BCUT2D eigenvalue weighted by Crippen LogP contribution is -2.80. The Morgan fingerprint density at radius 3 is 2.43 bits per heavy atom. The van der Waals surface area contributed by atoms with Crippen LogP contribution in [0.3, 0.4) is 0 Å². The van der Waals surface area contributed by atoms with Gasteiger partial charge in [0.15, 0.2) is 0 Å². The Labute approximate surface area is 128 Å². The Bertz CT molecular complexity index is 429. The molecule has 3 fully saturated rings. The topological polar surface area (TPSA) is 55.6 Å². The summed E-state index contributed by atoms with van der Waals surface area (Å²) in [4.78, 5) is 15.1. The van der Waals surface area contributed by atoms with Gasteiger partial charge in [0.2, 0.25) is 5.91 Å². The van der Waals surface area contributed by atoms with Crippen LogP contribution in [0.2, 0.25) is 0 Å². The number of ether oxygens (including phenoxy) is 1. The second-order valence-corrected chi connectivity index (χ2v) is 8.11. The van der Waals surface area contributed by atoms with Crippen molar-refractivity contribution in [2.24, 2.45) is 23.0 Å². The van der Waals surface area contributed by atoms with E-state index in [4.69, 9.17) is 10.5 Å². The minimum absolute atomic E-state index is 0.138. The summed E-state index contributed by atoms with van der Waals surface area (Å²) in [6.07, 6.45) is 5.75. The minimum atomic E-state index is -0.744. The third-order valence-electron chi connectivity index (χ3n) is 6.66. The highest BCUT2D eigenvalue weighted by atomic mass is 16.5. The lowest BCUT2D eigenvalue weighted by molar-refractivity contribution is -0.185. The van der Waals surface area contributed by atoms with Gasteiger partial charge >= 0.3 is 0 Å². The van der Waals surface area contributed by atoms with E-state index in [0.29, 0.717) is 6.04 Å². The molecule has 2 N–H and O–H groups in total. The first kappa shape index (κ1) is 15.3. The van der Waals surface area contributed by atoms with Crippen LogP contribution >= 0.6 is 0 Å². The molecule has 3 aliphatic rings. The van der Waals surface area contributed by atoms with Crippen LogP contribution in [0, 0.1) is 17.3 Å². The van der Waals surface area contributed by atoms with Crippen molar-refractivity contribution in [1.29, 1.82) is 0 Å². The maximum Gasteiger partial charge on any atom is 0.243 e. The Morgan fingerprint density at radius 1 is 1.19 bits per heavy atom. The van der Waals surface area contributed by atoms with Gasteiger partial charge < -0.3 is 15.4 Å². The fraction of sp³-hybridized carbons (Fsp3) is 0.941. The van der Waals surface area contributed by atoms with Gasteiger partial charge in [-0.2, -0.15) is 0 Å². The number of carbonyl (C=O) groups excluding carboxylic acids is 1. The average molecular weight is 294 g/mol. The second-order valence-electron chi connectivity index (χ2n) is 8.11. The highest BCUT2D eigenvalue weighted by molar-refractivity contribution is 5.89. The van der Waals surface area contributed by atoms with Gasteiger partial charge in [0.1, 0.15) is 5.54 Å². The van der Waals surface area contributed by atoms with Crippen LogP contribution < -0.4 is 5.73 Å². The zero-order chi connectivity index (χ0) is 15.4. The molecule has 1 saturated heterocycles. The molecule has 0 aromatic heterocycles. The van der Waals surface area contributed by atoms with Gasteiger partial charge in [-0.25, -0.2) is 0 Å². The number of hydrogen-bond donors (Lipinski definition) is 1. The summed E-state index contributed by atoms with van der Waals surface area (Å²) in [5.41, 5.74) is 5.67. The first-order valence-corrected chi connectivity index (χ1v) is 8.48. The van der Waals surface area contributed by atoms with E-state index < -0.39 is 5.54 Å². The predicted molar refractivity (Wildman–Crippen MR) is 82.7 cm³/mol. The van der Waals surface area contributed by atoms with Gasteiger partial charge in [0, 0.05) is 31.0 Å². The average Bonchev–Trinajstić information content (AvgIpc) is 2.94. The first-order valence-electron chi connectivity index (χ1n) is 8.48. The van der Waals surface area contributed by atoms with Crippen LogP contribution in [-0.2, 0) is 9.53 Å². The van der Waals surface area contributed by atoms with Crippen molar-refractivity contribution >= 4 is 5.91 Å². The molecule has 4 heteroatoms. The molecule has 0 spiro atoms. The Morgan fingerprint density at radius 2 is 1.81 bits per heavy atom. The van der Waals surface area contributed by atoms with E-state index in [1.54, 1.807) is 0 Å². The number of nitrogens with zero attached hydrogens (tertiary/aromatic N) is 1. The molecule has 0 aromatic carbocycles. The summed E-state index contributed by atoms with van der Waals surface area (Å²) >= 11 is 0. The van der Waals surface area contributed by atoms with Crippen LogP contribution in [0.25, 0.3) is 0 Å². The number of fused-ring (bicyclic) bond motifs is 1. The van der Waals surface area contributed by atoms with Crippen molar-refractivity contribution in [3.05, 3.63) is 0 Å². The maximum atomic E-state index is 13.1. The van der Waals surface area contributed by atoms with Crippen LogP contribution in [0.4, 0.5) is 0 Å². The van der Waals surface area contributed by atoms with Crippen LogP contribution in [0.5, 0.6) is 0 Å². The molecule has 3 rings (SSSR count). The summed E-state index contributed by atoms with van der Waals surface area (Å²) in [5, 5.41) is 0. The molecule has 3 unspecified atom stereocenters. The molecule has 1 amide bonds. The normalized spacial score (nSPS) is 44.8. The fourth-order valence-electron chi connectivity index (χ4n) is 4.91. The van der Waals surface area contributed by atoms with Crippen molar-refractivity contribution in [3.8, 4) is 0 Å². The standard InChI is InChI=1S/C17H30N2O2/c1-11-5-7-12(8-6-11)19(4)15(20)17(18)13-9-10-21-14(13)16(17,2)3/h11-14H,5-10,18H2,1-4H3. The number of nitrogens with two attached hydrogens (primary N) is 1. The summed E-state index contributed by atoms with van der Waals surface area (Å²) < 4.78 is 5.80. The quantitative estimate of drug-likeness (QED) is 0.849. The van der Waals surface area contributed by atoms with Crippen LogP contribution in [0.1, 0.15) is 52.9 Å². The molecular formula is C17H30N2O2. The van der Waals surface area contributed by atoms with Gasteiger partial charge in [0.05, 0.1) is 6.10 Å². The Hall–Kier alpha value is -0.610. The van der Waals surface area contributed by atoms with E-state index in [1.165, 1.54) is 12.8 Å². The van der Waals surface area contributed by atoms with Crippen molar-refractivity contribution in [2.45, 2.75) is 70.6 Å². The van der Waals surface area contributed by atoms with Gasteiger partial charge in [-0.15, -0.1) is 0 Å². The lowest BCUT2D eigenvalue weighted by atomic mass is 9.47. The highest BCUT2D eigenvalue weighted by Gasteiger charge is 2.71. The summed E-state index contributed by atoms with van der Waals surface area (Å²) in [5.74, 6) is 1.13. The number of amides is 1.